The summed E-state index contributed by atoms with van der Waals surface area (Å²) in [4.78, 5) is 22.7. The molecular weight excluding hydrogens is 287 g/mol. The third-order valence-corrected chi connectivity index (χ3v) is 3.54. The van der Waals surface area contributed by atoms with Crippen molar-refractivity contribution in [1.29, 1.82) is 0 Å². The number of aliphatic carboxylic acids is 1. The summed E-state index contributed by atoms with van der Waals surface area (Å²) in [6.45, 7) is 1.86. The van der Waals surface area contributed by atoms with Crippen molar-refractivity contribution in [2.75, 3.05) is 6.54 Å². The Morgan fingerprint density at radius 2 is 1.91 bits per heavy atom. The summed E-state index contributed by atoms with van der Waals surface area (Å²) in [5.41, 5.74) is 7.93. The summed E-state index contributed by atoms with van der Waals surface area (Å²) in [6, 6.07) is 7.52. The minimum absolute atomic E-state index is 0.0695. The summed E-state index contributed by atoms with van der Waals surface area (Å²) in [6.07, 6.45) is -0.0695. The fourth-order valence-electron chi connectivity index (χ4n) is 2.39. The van der Waals surface area contributed by atoms with E-state index < -0.39 is 5.97 Å². The molecule has 2 aromatic rings. The van der Waals surface area contributed by atoms with E-state index in [9.17, 15) is 14.0 Å². The first kappa shape index (κ1) is 15.9. The van der Waals surface area contributed by atoms with E-state index in [2.05, 4.69) is 0 Å². The van der Waals surface area contributed by atoms with E-state index in [-0.39, 0.29) is 31.1 Å². The van der Waals surface area contributed by atoms with Crippen molar-refractivity contribution < 1.29 is 19.1 Å². The number of carboxylic acids is 1. The Hall–Kier alpha value is -2.47. The number of carboxylic acid groups (broad SMARTS) is 1. The van der Waals surface area contributed by atoms with Gasteiger partial charge in [-0.2, -0.15) is 0 Å². The maximum absolute atomic E-state index is 13.1. The first-order chi connectivity index (χ1) is 10.4. The zero-order valence-corrected chi connectivity index (χ0v) is 12.2. The molecule has 6 heteroatoms. The molecule has 0 saturated carbocycles. The molecule has 5 nitrogen and oxygen atoms in total. The van der Waals surface area contributed by atoms with Gasteiger partial charge in [0.05, 0.1) is 13.0 Å². The van der Waals surface area contributed by atoms with Crippen LogP contribution in [0, 0.1) is 12.7 Å². The maximum Gasteiger partial charge on any atom is 0.305 e. The van der Waals surface area contributed by atoms with Crippen LogP contribution in [0.25, 0.3) is 11.3 Å². The fraction of sp³-hybridized carbons (Fsp3) is 0.250. The lowest BCUT2D eigenvalue weighted by molar-refractivity contribution is -0.137. The maximum atomic E-state index is 13.1. The molecule has 0 bridgehead atoms. The molecular formula is C16H17FN2O3. The number of carbonyl (C=O) groups is 2. The number of rotatable bonds is 6. The normalized spacial score (nSPS) is 10.7. The summed E-state index contributed by atoms with van der Waals surface area (Å²) in [5, 5.41) is 8.88. The van der Waals surface area contributed by atoms with Crippen LogP contribution in [0.5, 0.6) is 0 Å². The molecule has 1 aromatic carbocycles. The summed E-state index contributed by atoms with van der Waals surface area (Å²) >= 11 is 0. The number of halogens is 1. The van der Waals surface area contributed by atoms with Crippen LogP contribution in [-0.4, -0.2) is 28.0 Å². The lowest BCUT2D eigenvalue weighted by Gasteiger charge is -2.11. The lowest BCUT2D eigenvalue weighted by Crippen LogP contribution is -2.15. The Balaban J connectivity index is 2.52. The van der Waals surface area contributed by atoms with E-state index in [4.69, 9.17) is 10.8 Å². The average Bonchev–Trinajstić information content (AvgIpc) is 2.82. The number of aromatic nitrogens is 1. The Labute approximate surface area is 127 Å². The largest absolute Gasteiger partial charge is 0.481 e. The number of hydrogen-bond donors (Lipinski definition) is 2. The van der Waals surface area contributed by atoms with Crippen LogP contribution in [0.1, 0.15) is 22.5 Å². The van der Waals surface area contributed by atoms with Gasteiger partial charge in [-0.15, -0.1) is 0 Å². The summed E-state index contributed by atoms with van der Waals surface area (Å²) < 4.78 is 14.8. The van der Waals surface area contributed by atoms with Crippen molar-refractivity contribution in [3.63, 3.8) is 0 Å². The molecule has 0 atom stereocenters. The second kappa shape index (κ2) is 6.53. The Kier molecular flexibility index (Phi) is 4.72. The van der Waals surface area contributed by atoms with Crippen LogP contribution in [0.2, 0.25) is 0 Å². The average molecular weight is 304 g/mol. The molecule has 0 fully saturated rings. The number of hydrogen-bond acceptors (Lipinski definition) is 3. The molecule has 2 rings (SSSR count). The summed E-state index contributed by atoms with van der Waals surface area (Å²) in [7, 11) is 0. The van der Waals surface area contributed by atoms with Gasteiger partial charge in [0.2, 0.25) is 0 Å². The SMILES string of the molecule is Cc1c(C(=O)CN)cc(-c2ccc(F)cc2)n1CCC(=O)O. The molecule has 0 aliphatic heterocycles. The fourth-order valence-corrected chi connectivity index (χ4v) is 2.39. The van der Waals surface area contributed by atoms with Crippen LogP contribution in [0.4, 0.5) is 4.39 Å². The standard InChI is InChI=1S/C16H17FN2O3/c1-10-13(15(20)9-18)8-14(19(10)7-6-16(21)22)11-2-4-12(17)5-3-11/h2-5,8H,6-7,9,18H2,1H3,(H,21,22). The van der Waals surface area contributed by atoms with Crippen LogP contribution >= 0.6 is 0 Å². The molecule has 1 heterocycles. The number of nitrogens with zero attached hydrogens (tertiary/aromatic N) is 1. The van der Waals surface area contributed by atoms with E-state index in [0.29, 0.717) is 22.5 Å². The van der Waals surface area contributed by atoms with Gasteiger partial charge >= 0.3 is 5.97 Å². The van der Waals surface area contributed by atoms with E-state index >= 15 is 0 Å². The van der Waals surface area contributed by atoms with Gasteiger partial charge in [0.1, 0.15) is 5.82 Å². The van der Waals surface area contributed by atoms with Crippen molar-refractivity contribution in [2.24, 2.45) is 5.73 Å². The third kappa shape index (κ3) is 3.23. The molecule has 0 spiro atoms. The molecule has 3 N–H and O–H groups in total. The predicted octanol–water partition coefficient (Wildman–Crippen LogP) is 2.22. The molecule has 0 saturated heterocycles. The molecule has 0 unspecified atom stereocenters. The van der Waals surface area contributed by atoms with Crippen LogP contribution < -0.4 is 5.73 Å². The van der Waals surface area contributed by atoms with E-state index in [1.54, 1.807) is 29.7 Å². The molecule has 22 heavy (non-hydrogen) atoms. The topological polar surface area (TPSA) is 85.3 Å². The Morgan fingerprint density at radius 1 is 1.27 bits per heavy atom. The highest BCUT2D eigenvalue weighted by atomic mass is 19.1. The number of carbonyl (C=O) groups excluding carboxylic acids is 1. The van der Waals surface area contributed by atoms with Crippen LogP contribution in [-0.2, 0) is 11.3 Å². The number of Topliss-reactive ketones (excluding diaryl/α,β-unsaturated/α-hetero) is 1. The molecule has 0 radical (unpaired) electrons. The van der Waals surface area contributed by atoms with Crippen molar-refractivity contribution >= 4 is 11.8 Å². The lowest BCUT2D eigenvalue weighted by atomic mass is 10.1. The number of nitrogens with two attached hydrogens (primary N) is 1. The highest BCUT2D eigenvalue weighted by molar-refractivity contribution is 6.00. The van der Waals surface area contributed by atoms with Crippen molar-refractivity contribution in [2.45, 2.75) is 19.9 Å². The number of ketones is 1. The molecule has 0 amide bonds. The van der Waals surface area contributed by atoms with Gasteiger partial charge in [-0.1, -0.05) is 0 Å². The first-order valence-electron chi connectivity index (χ1n) is 6.85. The Morgan fingerprint density at radius 3 is 2.45 bits per heavy atom. The predicted molar refractivity (Wildman–Crippen MR) is 80.2 cm³/mol. The van der Waals surface area contributed by atoms with Gasteiger partial charge in [-0.25, -0.2) is 4.39 Å². The molecule has 0 aliphatic rings. The minimum atomic E-state index is -0.926. The van der Waals surface area contributed by atoms with Crippen LogP contribution in [0.3, 0.4) is 0 Å². The summed E-state index contributed by atoms with van der Waals surface area (Å²) in [5.74, 6) is -1.50. The highest BCUT2D eigenvalue weighted by Crippen LogP contribution is 2.27. The minimum Gasteiger partial charge on any atom is -0.481 e. The third-order valence-electron chi connectivity index (χ3n) is 3.54. The first-order valence-corrected chi connectivity index (χ1v) is 6.85. The van der Waals surface area contributed by atoms with Crippen molar-refractivity contribution in [1.82, 2.24) is 4.57 Å². The molecule has 1 aromatic heterocycles. The monoisotopic (exact) mass is 304 g/mol. The Bertz CT molecular complexity index is 705. The van der Waals surface area contributed by atoms with Gasteiger partial charge < -0.3 is 15.4 Å². The second-order valence-corrected chi connectivity index (χ2v) is 4.96. The number of benzene rings is 1. The van der Waals surface area contributed by atoms with Gasteiger partial charge in [-0.3, -0.25) is 9.59 Å². The van der Waals surface area contributed by atoms with E-state index in [0.717, 1.165) is 0 Å². The van der Waals surface area contributed by atoms with Gasteiger partial charge in [0.15, 0.2) is 5.78 Å². The van der Waals surface area contributed by atoms with Crippen molar-refractivity contribution in [3.8, 4) is 11.3 Å². The second-order valence-electron chi connectivity index (χ2n) is 4.96. The molecule has 0 aliphatic carbocycles. The van der Waals surface area contributed by atoms with Crippen LogP contribution in [0.15, 0.2) is 30.3 Å². The molecule has 116 valence electrons. The van der Waals surface area contributed by atoms with Crippen molar-refractivity contribution in [3.05, 3.63) is 47.4 Å². The van der Waals surface area contributed by atoms with E-state index in [1.807, 2.05) is 0 Å². The quantitative estimate of drug-likeness (QED) is 0.801. The van der Waals surface area contributed by atoms with Gasteiger partial charge in [-0.05, 0) is 42.8 Å². The zero-order chi connectivity index (χ0) is 16.3. The smallest absolute Gasteiger partial charge is 0.305 e. The van der Waals surface area contributed by atoms with Gasteiger partial charge in [0, 0.05) is 23.5 Å². The van der Waals surface area contributed by atoms with Gasteiger partial charge in [0.25, 0.3) is 0 Å². The highest BCUT2D eigenvalue weighted by Gasteiger charge is 2.18. The van der Waals surface area contributed by atoms with E-state index in [1.165, 1.54) is 12.1 Å². The zero-order valence-electron chi connectivity index (χ0n) is 12.2.